The van der Waals surface area contributed by atoms with Crippen molar-refractivity contribution < 1.29 is 9.47 Å². The van der Waals surface area contributed by atoms with Crippen LogP contribution in [0.4, 0.5) is 0 Å². The molecule has 3 aliphatic heterocycles. The minimum absolute atomic E-state index is 0.355. The summed E-state index contributed by atoms with van der Waals surface area (Å²) in [6.45, 7) is 6.20. The molecular formula is C18H27N3O2. The molecular weight excluding hydrogens is 290 g/mol. The highest BCUT2D eigenvalue weighted by atomic mass is 16.7. The van der Waals surface area contributed by atoms with Crippen LogP contribution in [0.2, 0.25) is 0 Å². The number of fused-ring (bicyclic) bond motifs is 2. The maximum atomic E-state index is 5.51. The normalized spacial score (nSPS) is 27.1. The third-order valence-corrected chi connectivity index (χ3v) is 5.46. The lowest BCUT2D eigenvalue weighted by Gasteiger charge is -2.26. The molecule has 23 heavy (non-hydrogen) atoms. The minimum Gasteiger partial charge on any atom is -0.454 e. The van der Waals surface area contributed by atoms with Gasteiger partial charge in [-0.3, -0.25) is 9.80 Å². The number of likely N-dealkylation sites (tertiary alicyclic amines) is 2. The van der Waals surface area contributed by atoms with E-state index in [1.165, 1.54) is 38.0 Å². The monoisotopic (exact) mass is 317 g/mol. The third kappa shape index (κ3) is 3.05. The fraction of sp³-hybridized carbons (Fsp3) is 0.667. The van der Waals surface area contributed by atoms with Gasteiger partial charge >= 0.3 is 0 Å². The van der Waals surface area contributed by atoms with Crippen LogP contribution in [-0.2, 0) is 6.54 Å². The Kier molecular flexibility index (Phi) is 4.18. The number of benzene rings is 1. The Morgan fingerprint density at radius 1 is 1.04 bits per heavy atom. The second-order valence-electron chi connectivity index (χ2n) is 7.21. The maximum absolute atomic E-state index is 5.51. The van der Waals surface area contributed by atoms with E-state index in [4.69, 9.17) is 9.47 Å². The fourth-order valence-corrected chi connectivity index (χ4v) is 4.24. The third-order valence-electron chi connectivity index (χ3n) is 5.46. The molecule has 1 aromatic carbocycles. The number of nitrogens with zero attached hydrogens (tertiary/aromatic N) is 3. The molecule has 126 valence electrons. The van der Waals surface area contributed by atoms with Crippen LogP contribution >= 0.6 is 0 Å². The molecule has 5 nitrogen and oxygen atoms in total. The van der Waals surface area contributed by atoms with Crippen LogP contribution in [0.25, 0.3) is 0 Å². The molecule has 2 unspecified atom stereocenters. The number of ether oxygens (including phenoxy) is 2. The Morgan fingerprint density at radius 2 is 1.78 bits per heavy atom. The molecule has 2 saturated heterocycles. The highest BCUT2D eigenvalue weighted by molar-refractivity contribution is 5.44. The van der Waals surface area contributed by atoms with E-state index in [2.05, 4.69) is 40.9 Å². The molecule has 5 heteroatoms. The van der Waals surface area contributed by atoms with Crippen molar-refractivity contribution >= 4 is 0 Å². The Hall–Kier alpha value is -1.30. The Morgan fingerprint density at radius 3 is 2.61 bits per heavy atom. The molecule has 0 aromatic heterocycles. The Balaban J connectivity index is 1.38. The lowest BCUT2D eigenvalue weighted by molar-refractivity contribution is 0.174. The highest BCUT2D eigenvalue weighted by Crippen LogP contribution is 2.35. The van der Waals surface area contributed by atoms with Gasteiger partial charge < -0.3 is 14.4 Å². The Bertz CT molecular complexity index is 563. The summed E-state index contributed by atoms with van der Waals surface area (Å²) in [4.78, 5) is 7.65. The summed E-state index contributed by atoms with van der Waals surface area (Å²) in [6.07, 6.45) is 2.62. The second-order valence-corrected chi connectivity index (χ2v) is 7.21. The first-order valence-electron chi connectivity index (χ1n) is 8.72. The number of rotatable bonds is 5. The molecule has 0 N–H and O–H groups in total. The fourth-order valence-electron chi connectivity index (χ4n) is 4.24. The molecule has 0 spiro atoms. The summed E-state index contributed by atoms with van der Waals surface area (Å²) in [6, 6.07) is 7.85. The largest absolute Gasteiger partial charge is 0.454 e. The molecule has 0 bridgehead atoms. The van der Waals surface area contributed by atoms with E-state index < -0.39 is 0 Å². The average Bonchev–Trinajstić information content (AvgIpc) is 3.22. The first-order chi connectivity index (χ1) is 11.2. The molecule has 4 rings (SSSR count). The highest BCUT2D eigenvalue weighted by Gasteiger charge is 2.41. The van der Waals surface area contributed by atoms with Gasteiger partial charge in [0.25, 0.3) is 0 Å². The summed E-state index contributed by atoms with van der Waals surface area (Å²) in [5, 5.41) is 0. The number of hydrogen-bond donors (Lipinski definition) is 0. The molecule has 2 fully saturated rings. The molecule has 3 aliphatic rings. The zero-order valence-corrected chi connectivity index (χ0v) is 14.2. The van der Waals surface area contributed by atoms with Crippen molar-refractivity contribution in [2.75, 3.05) is 47.1 Å². The summed E-state index contributed by atoms with van der Waals surface area (Å²) in [7, 11) is 4.32. The van der Waals surface area contributed by atoms with Crippen molar-refractivity contribution in [3.05, 3.63) is 23.8 Å². The molecule has 0 amide bonds. The van der Waals surface area contributed by atoms with Gasteiger partial charge in [-0.25, -0.2) is 0 Å². The zero-order chi connectivity index (χ0) is 15.8. The van der Waals surface area contributed by atoms with Crippen molar-refractivity contribution in [2.24, 2.45) is 0 Å². The summed E-state index contributed by atoms with van der Waals surface area (Å²) in [5.74, 6) is 1.78. The lowest BCUT2D eigenvalue weighted by Crippen LogP contribution is -2.39. The van der Waals surface area contributed by atoms with Crippen molar-refractivity contribution in [2.45, 2.75) is 31.5 Å². The molecule has 1 aromatic rings. The van der Waals surface area contributed by atoms with Crippen LogP contribution in [0.3, 0.4) is 0 Å². The predicted molar refractivity (Wildman–Crippen MR) is 89.9 cm³/mol. The summed E-state index contributed by atoms with van der Waals surface area (Å²) >= 11 is 0. The van der Waals surface area contributed by atoms with Gasteiger partial charge in [-0.2, -0.15) is 0 Å². The first kappa shape index (κ1) is 15.2. The molecule has 3 heterocycles. The van der Waals surface area contributed by atoms with Crippen molar-refractivity contribution in [3.63, 3.8) is 0 Å². The smallest absolute Gasteiger partial charge is 0.231 e. The van der Waals surface area contributed by atoms with E-state index >= 15 is 0 Å². The topological polar surface area (TPSA) is 28.2 Å². The van der Waals surface area contributed by atoms with Gasteiger partial charge in [-0.1, -0.05) is 6.07 Å². The number of likely N-dealkylation sites (N-methyl/N-ethyl adjacent to an activating group) is 1. The molecule has 0 saturated carbocycles. The Labute approximate surface area is 138 Å². The SMILES string of the molecule is CN(C)CCN1CCC2C1CCN2Cc1ccc2c(c1)OCO2. The van der Waals surface area contributed by atoms with Crippen LogP contribution in [-0.4, -0.2) is 73.9 Å². The van der Waals surface area contributed by atoms with E-state index in [9.17, 15) is 0 Å². The molecule has 2 atom stereocenters. The minimum atomic E-state index is 0.355. The van der Waals surface area contributed by atoms with Crippen molar-refractivity contribution in [1.82, 2.24) is 14.7 Å². The van der Waals surface area contributed by atoms with Crippen LogP contribution < -0.4 is 9.47 Å². The predicted octanol–water partition coefficient (Wildman–Crippen LogP) is 1.63. The quantitative estimate of drug-likeness (QED) is 0.823. The molecule has 0 radical (unpaired) electrons. The van der Waals surface area contributed by atoms with Crippen LogP contribution in [0.15, 0.2) is 18.2 Å². The van der Waals surface area contributed by atoms with Gasteiger partial charge in [0, 0.05) is 44.8 Å². The van der Waals surface area contributed by atoms with Crippen LogP contribution in [0.1, 0.15) is 18.4 Å². The van der Waals surface area contributed by atoms with Crippen LogP contribution in [0, 0.1) is 0 Å². The second kappa shape index (κ2) is 6.30. The van der Waals surface area contributed by atoms with Crippen LogP contribution in [0.5, 0.6) is 11.5 Å². The van der Waals surface area contributed by atoms with Crippen molar-refractivity contribution in [1.29, 1.82) is 0 Å². The lowest BCUT2D eigenvalue weighted by atomic mass is 10.1. The van der Waals surface area contributed by atoms with Gasteiger partial charge in [0.2, 0.25) is 6.79 Å². The van der Waals surface area contributed by atoms with E-state index in [0.29, 0.717) is 6.79 Å². The summed E-state index contributed by atoms with van der Waals surface area (Å²) < 4.78 is 10.9. The average molecular weight is 317 g/mol. The van der Waals surface area contributed by atoms with Gasteiger partial charge in [0.1, 0.15) is 0 Å². The van der Waals surface area contributed by atoms with Gasteiger partial charge in [0.15, 0.2) is 11.5 Å². The van der Waals surface area contributed by atoms with E-state index in [1.54, 1.807) is 0 Å². The standard InChI is InChI=1S/C18H27N3O2/c1-19(2)9-10-20-7-5-16-15(20)6-8-21(16)12-14-3-4-17-18(11-14)23-13-22-17/h3-4,11,15-16H,5-10,12-13H2,1-2H3. The first-order valence-corrected chi connectivity index (χ1v) is 8.72. The van der Waals surface area contributed by atoms with Crippen molar-refractivity contribution in [3.8, 4) is 11.5 Å². The maximum Gasteiger partial charge on any atom is 0.231 e. The van der Waals surface area contributed by atoms with E-state index in [-0.39, 0.29) is 0 Å². The van der Waals surface area contributed by atoms with Gasteiger partial charge in [-0.05, 0) is 44.6 Å². The van der Waals surface area contributed by atoms with E-state index in [1.807, 2.05) is 6.07 Å². The van der Waals surface area contributed by atoms with Gasteiger partial charge in [0.05, 0.1) is 0 Å². The van der Waals surface area contributed by atoms with Gasteiger partial charge in [-0.15, -0.1) is 0 Å². The van der Waals surface area contributed by atoms with E-state index in [0.717, 1.165) is 36.7 Å². The summed E-state index contributed by atoms with van der Waals surface area (Å²) in [5.41, 5.74) is 1.33. The molecule has 0 aliphatic carbocycles. The zero-order valence-electron chi connectivity index (χ0n) is 14.2. The number of hydrogen-bond acceptors (Lipinski definition) is 5.